The Balaban J connectivity index is 1.67. The molecule has 3 aromatic rings. The number of benzene rings is 2. The van der Waals surface area contributed by atoms with Crippen LogP contribution in [0.3, 0.4) is 0 Å². The summed E-state index contributed by atoms with van der Waals surface area (Å²) in [5.41, 5.74) is 3.14. The van der Waals surface area contributed by atoms with Gasteiger partial charge < -0.3 is 10.4 Å². The molecule has 1 amide bonds. The van der Waals surface area contributed by atoms with E-state index in [-0.39, 0.29) is 12.5 Å². The number of aliphatic hydroxyl groups excluding tert-OH is 1. The van der Waals surface area contributed by atoms with E-state index in [9.17, 15) is 9.90 Å². The minimum atomic E-state index is -0.164. The molecule has 0 atom stereocenters. The topological polar surface area (TPSA) is 80.0 Å². The standard InChI is InChI=1S/C18H18N4O2/c1-22-12-20-17(21-22)13-6-8-14(9-7-13)18(24)19-10-15-4-2-3-5-16(15)11-23/h2-9,12,23H,10-11H2,1H3,(H,19,24). The van der Waals surface area contributed by atoms with Crippen molar-refractivity contribution < 1.29 is 9.90 Å². The minimum Gasteiger partial charge on any atom is -0.392 e. The molecule has 0 spiro atoms. The summed E-state index contributed by atoms with van der Waals surface area (Å²) in [6.07, 6.45) is 1.63. The molecule has 0 bridgehead atoms. The van der Waals surface area contributed by atoms with Crippen LogP contribution in [0.5, 0.6) is 0 Å². The molecule has 3 rings (SSSR count). The lowest BCUT2D eigenvalue weighted by Gasteiger charge is -2.09. The largest absolute Gasteiger partial charge is 0.392 e. The molecule has 6 nitrogen and oxygen atoms in total. The Morgan fingerprint density at radius 1 is 1.12 bits per heavy atom. The number of amides is 1. The zero-order chi connectivity index (χ0) is 16.9. The maximum absolute atomic E-state index is 12.3. The minimum absolute atomic E-state index is 0.0438. The van der Waals surface area contributed by atoms with Crippen LogP contribution in [-0.2, 0) is 20.2 Å². The number of carbonyl (C=O) groups is 1. The maximum Gasteiger partial charge on any atom is 0.251 e. The van der Waals surface area contributed by atoms with E-state index in [1.165, 1.54) is 0 Å². The van der Waals surface area contributed by atoms with Crippen LogP contribution in [0, 0.1) is 0 Å². The fourth-order valence-electron chi connectivity index (χ4n) is 2.40. The summed E-state index contributed by atoms with van der Waals surface area (Å²) >= 11 is 0. The molecule has 2 aromatic carbocycles. The fraction of sp³-hybridized carbons (Fsp3) is 0.167. The molecule has 1 aromatic heterocycles. The van der Waals surface area contributed by atoms with Gasteiger partial charge in [0, 0.05) is 24.7 Å². The first-order valence-corrected chi connectivity index (χ1v) is 7.59. The van der Waals surface area contributed by atoms with Crippen molar-refractivity contribution in [2.75, 3.05) is 0 Å². The Hall–Kier alpha value is -2.99. The Bertz CT molecular complexity index is 840. The smallest absolute Gasteiger partial charge is 0.251 e. The molecule has 24 heavy (non-hydrogen) atoms. The summed E-state index contributed by atoms with van der Waals surface area (Å²) in [6, 6.07) is 14.6. The molecule has 0 fully saturated rings. The molecule has 1 heterocycles. The number of hydrogen-bond donors (Lipinski definition) is 2. The van der Waals surface area contributed by atoms with Gasteiger partial charge in [0.1, 0.15) is 6.33 Å². The van der Waals surface area contributed by atoms with Gasteiger partial charge in [-0.15, -0.1) is 0 Å². The lowest BCUT2D eigenvalue weighted by molar-refractivity contribution is 0.0950. The Kier molecular flexibility index (Phi) is 4.67. The van der Waals surface area contributed by atoms with E-state index >= 15 is 0 Å². The van der Waals surface area contributed by atoms with Crippen molar-refractivity contribution in [3.63, 3.8) is 0 Å². The molecular weight excluding hydrogens is 304 g/mol. The molecule has 122 valence electrons. The second-order valence-corrected chi connectivity index (χ2v) is 5.43. The first-order chi connectivity index (χ1) is 11.7. The third kappa shape index (κ3) is 3.49. The first kappa shape index (κ1) is 15.9. The third-order valence-corrected chi connectivity index (χ3v) is 3.73. The van der Waals surface area contributed by atoms with Crippen LogP contribution >= 0.6 is 0 Å². The highest BCUT2D eigenvalue weighted by Gasteiger charge is 2.08. The van der Waals surface area contributed by atoms with Crippen LogP contribution in [0.15, 0.2) is 54.9 Å². The van der Waals surface area contributed by atoms with E-state index in [1.807, 2.05) is 43.4 Å². The highest BCUT2D eigenvalue weighted by molar-refractivity contribution is 5.94. The molecule has 6 heteroatoms. The van der Waals surface area contributed by atoms with Crippen LogP contribution in [-0.4, -0.2) is 25.8 Å². The third-order valence-electron chi connectivity index (χ3n) is 3.73. The number of rotatable bonds is 5. The summed E-state index contributed by atoms with van der Waals surface area (Å²) in [7, 11) is 1.81. The van der Waals surface area contributed by atoms with Gasteiger partial charge in [-0.1, -0.05) is 36.4 Å². The lowest BCUT2D eigenvalue weighted by Crippen LogP contribution is -2.23. The fourth-order valence-corrected chi connectivity index (χ4v) is 2.40. The Morgan fingerprint density at radius 3 is 2.46 bits per heavy atom. The van der Waals surface area contributed by atoms with Crippen LogP contribution in [0.1, 0.15) is 21.5 Å². The number of carbonyl (C=O) groups excluding carboxylic acids is 1. The molecular formula is C18H18N4O2. The molecule has 0 aliphatic heterocycles. The second-order valence-electron chi connectivity index (χ2n) is 5.43. The highest BCUT2D eigenvalue weighted by Crippen LogP contribution is 2.15. The zero-order valence-corrected chi connectivity index (χ0v) is 13.3. The van der Waals surface area contributed by atoms with E-state index in [4.69, 9.17) is 0 Å². The van der Waals surface area contributed by atoms with Crippen LogP contribution in [0.2, 0.25) is 0 Å². The first-order valence-electron chi connectivity index (χ1n) is 7.59. The van der Waals surface area contributed by atoms with Crippen molar-refractivity contribution in [3.8, 4) is 11.4 Å². The van der Waals surface area contributed by atoms with Gasteiger partial charge in [0.25, 0.3) is 5.91 Å². The number of aryl methyl sites for hydroxylation is 1. The molecule has 0 saturated heterocycles. The van der Waals surface area contributed by atoms with Crippen LogP contribution in [0.4, 0.5) is 0 Å². The average molecular weight is 322 g/mol. The Morgan fingerprint density at radius 2 is 1.83 bits per heavy atom. The van der Waals surface area contributed by atoms with Crippen molar-refractivity contribution in [2.24, 2.45) is 7.05 Å². The SMILES string of the molecule is Cn1cnc(-c2ccc(C(=O)NCc3ccccc3CO)cc2)n1. The molecule has 0 unspecified atom stereocenters. The van der Waals surface area contributed by atoms with E-state index in [1.54, 1.807) is 23.1 Å². The van der Waals surface area contributed by atoms with Gasteiger partial charge in [-0.2, -0.15) is 5.10 Å². The van der Waals surface area contributed by atoms with Crippen molar-refractivity contribution in [3.05, 3.63) is 71.5 Å². The number of nitrogens with one attached hydrogen (secondary N) is 1. The molecule has 0 radical (unpaired) electrons. The quantitative estimate of drug-likeness (QED) is 0.752. The molecule has 2 N–H and O–H groups in total. The summed E-state index contributed by atoms with van der Waals surface area (Å²) in [5, 5.41) is 16.4. The zero-order valence-electron chi connectivity index (χ0n) is 13.3. The van der Waals surface area contributed by atoms with E-state index in [0.29, 0.717) is 17.9 Å². The highest BCUT2D eigenvalue weighted by atomic mass is 16.3. The van der Waals surface area contributed by atoms with Gasteiger partial charge in [0.2, 0.25) is 0 Å². The predicted molar refractivity (Wildman–Crippen MR) is 90.0 cm³/mol. The summed E-state index contributed by atoms with van der Waals surface area (Å²) in [5.74, 6) is 0.463. The second kappa shape index (κ2) is 7.06. The summed E-state index contributed by atoms with van der Waals surface area (Å²) in [4.78, 5) is 16.4. The van der Waals surface area contributed by atoms with Gasteiger partial charge in [-0.05, 0) is 23.3 Å². The number of nitrogens with zero attached hydrogens (tertiary/aromatic N) is 3. The van der Waals surface area contributed by atoms with E-state index in [0.717, 1.165) is 16.7 Å². The molecule has 0 saturated carbocycles. The number of aromatic nitrogens is 3. The van der Waals surface area contributed by atoms with E-state index in [2.05, 4.69) is 15.4 Å². The monoisotopic (exact) mass is 322 g/mol. The van der Waals surface area contributed by atoms with E-state index < -0.39 is 0 Å². The van der Waals surface area contributed by atoms with Gasteiger partial charge in [-0.25, -0.2) is 4.98 Å². The number of hydrogen-bond acceptors (Lipinski definition) is 4. The van der Waals surface area contributed by atoms with Gasteiger partial charge >= 0.3 is 0 Å². The molecule has 0 aliphatic rings. The Labute approximate surface area is 139 Å². The molecule has 0 aliphatic carbocycles. The maximum atomic E-state index is 12.3. The van der Waals surface area contributed by atoms with Crippen molar-refractivity contribution in [1.82, 2.24) is 20.1 Å². The van der Waals surface area contributed by atoms with Gasteiger partial charge in [0.05, 0.1) is 6.61 Å². The average Bonchev–Trinajstić information content (AvgIpc) is 3.06. The van der Waals surface area contributed by atoms with Gasteiger partial charge in [0.15, 0.2) is 5.82 Å². The predicted octanol–water partition coefficient (Wildman–Crippen LogP) is 1.90. The lowest BCUT2D eigenvalue weighted by atomic mass is 10.1. The van der Waals surface area contributed by atoms with Crippen molar-refractivity contribution >= 4 is 5.91 Å². The van der Waals surface area contributed by atoms with Crippen LogP contribution in [0.25, 0.3) is 11.4 Å². The van der Waals surface area contributed by atoms with Gasteiger partial charge in [-0.3, -0.25) is 9.48 Å². The van der Waals surface area contributed by atoms with Crippen molar-refractivity contribution in [2.45, 2.75) is 13.2 Å². The number of aliphatic hydroxyl groups is 1. The normalized spacial score (nSPS) is 10.6. The summed E-state index contributed by atoms with van der Waals surface area (Å²) in [6.45, 7) is 0.330. The van der Waals surface area contributed by atoms with Crippen molar-refractivity contribution in [1.29, 1.82) is 0 Å². The summed E-state index contributed by atoms with van der Waals surface area (Å²) < 4.78 is 1.63. The van der Waals surface area contributed by atoms with Crippen LogP contribution < -0.4 is 5.32 Å².